The molecule has 0 bridgehead atoms. The smallest absolute Gasteiger partial charge is 0.220 e. The van der Waals surface area contributed by atoms with Gasteiger partial charge in [0, 0.05) is 13.7 Å². The number of furan rings is 1. The van der Waals surface area contributed by atoms with Crippen molar-refractivity contribution in [2.45, 2.75) is 38.0 Å². The number of ether oxygens (including phenoxy) is 1. The maximum Gasteiger partial charge on any atom is 0.220 e. The summed E-state index contributed by atoms with van der Waals surface area (Å²) in [5, 5.41) is 10.4. The van der Waals surface area contributed by atoms with E-state index in [-0.39, 0.29) is 6.42 Å². The summed E-state index contributed by atoms with van der Waals surface area (Å²) in [6, 6.07) is 3.80. The Labute approximate surface area is 118 Å². The number of hydrogen-bond donors (Lipinski definition) is 2. The second kappa shape index (κ2) is 6.39. The van der Waals surface area contributed by atoms with Crippen LogP contribution in [0, 0.1) is 0 Å². The zero-order chi connectivity index (χ0) is 14.6. The molecule has 1 fully saturated rings. The third kappa shape index (κ3) is 4.06. The van der Waals surface area contributed by atoms with Gasteiger partial charge in [0.25, 0.3) is 0 Å². The number of likely N-dealkylation sites (tertiary alicyclic amines) is 1. The van der Waals surface area contributed by atoms with Crippen molar-refractivity contribution in [3.05, 3.63) is 23.7 Å². The van der Waals surface area contributed by atoms with E-state index in [1.54, 1.807) is 7.11 Å². The van der Waals surface area contributed by atoms with Crippen molar-refractivity contribution in [2.24, 2.45) is 5.73 Å². The third-order valence-corrected chi connectivity index (χ3v) is 3.52. The highest BCUT2D eigenvalue weighted by atomic mass is 16.5. The Hall–Kier alpha value is -1.37. The van der Waals surface area contributed by atoms with Crippen LogP contribution >= 0.6 is 0 Å². The van der Waals surface area contributed by atoms with Gasteiger partial charge in [0.15, 0.2) is 0 Å². The van der Waals surface area contributed by atoms with Crippen LogP contribution in [0.5, 0.6) is 0 Å². The predicted molar refractivity (Wildman–Crippen MR) is 72.7 cm³/mol. The van der Waals surface area contributed by atoms with Gasteiger partial charge in [-0.1, -0.05) is 0 Å². The number of β-amino-alcohol motifs (C(OH)–C–C–N with tert-alkyl or cyclic N) is 1. The van der Waals surface area contributed by atoms with Gasteiger partial charge >= 0.3 is 0 Å². The fourth-order valence-electron chi connectivity index (χ4n) is 2.76. The molecule has 1 amide bonds. The SMILES string of the molecule is COCc1ccc(CN2CCCC(O)(CC(N)=O)C2)o1. The molecule has 2 heterocycles. The van der Waals surface area contributed by atoms with Gasteiger partial charge in [-0.25, -0.2) is 0 Å². The number of aliphatic hydroxyl groups is 1. The van der Waals surface area contributed by atoms with Crippen LogP contribution in [0.2, 0.25) is 0 Å². The van der Waals surface area contributed by atoms with Crippen molar-refractivity contribution in [3.8, 4) is 0 Å². The van der Waals surface area contributed by atoms with Crippen molar-refractivity contribution >= 4 is 5.91 Å². The van der Waals surface area contributed by atoms with Crippen LogP contribution in [-0.2, 0) is 22.7 Å². The van der Waals surface area contributed by atoms with E-state index in [0.29, 0.717) is 26.1 Å². The molecule has 0 aliphatic carbocycles. The van der Waals surface area contributed by atoms with E-state index in [1.165, 1.54) is 0 Å². The van der Waals surface area contributed by atoms with Gasteiger partial charge in [0.2, 0.25) is 5.91 Å². The van der Waals surface area contributed by atoms with Crippen molar-refractivity contribution in [3.63, 3.8) is 0 Å². The first kappa shape index (κ1) is 15.0. The average molecular weight is 282 g/mol. The minimum absolute atomic E-state index is 0.0105. The molecule has 0 spiro atoms. The van der Waals surface area contributed by atoms with E-state index >= 15 is 0 Å². The van der Waals surface area contributed by atoms with Gasteiger partial charge in [-0.05, 0) is 31.5 Å². The highest BCUT2D eigenvalue weighted by Gasteiger charge is 2.34. The van der Waals surface area contributed by atoms with E-state index in [2.05, 4.69) is 4.90 Å². The Morgan fingerprint density at radius 2 is 2.30 bits per heavy atom. The van der Waals surface area contributed by atoms with Crippen molar-refractivity contribution < 1.29 is 19.1 Å². The average Bonchev–Trinajstić information content (AvgIpc) is 2.75. The lowest BCUT2D eigenvalue weighted by molar-refractivity contribution is -0.125. The molecule has 3 N–H and O–H groups in total. The highest BCUT2D eigenvalue weighted by Crippen LogP contribution is 2.25. The second-order valence-corrected chi connectivity index (χ2v) is 5.48. The van der Waals surface area contributed by atoms with Gasteiger partial charge in [-0.15, -0.1) is 0 Å². The number of amides is 1. The quantitative estimate of drug-likeness (QED) is 0.799. The molecule has 0 saturated carbocycles. The van der Waals surface area contributed by atoms with Gasteiger partial charge in [-0.2, -0.15) is 0 Å². The van der Waals surface area contributed by atoms with Gasteiger partial charge in [-0.3, -0.25) is 9.69 Å². The first-order valence-electron chi connectivity index (χ1n) is 6.80. The predicted octanol–water partition coefficient (Wildman–Crippen LogP) is 0.628. The fourth-order valence-corrected chi connectivity index (χ4v) is 2.76. The summed E-state index contributed by atoms with van der Waals surface area (Å²) in [5.74, 6) is 1.15. The Morgan fingerprint density at radius 1 is 1.55 bits per heavy atom. The number of hydrogen-bond acceptors (Lipinski definition) is 5. The standard InChI is InChI=1S/C14H22N2O4/c1-19-9-12-4-3-11(20-12)8-16-6-2-5-14(18,10-16)7-13(15)17/h3-4,18H,2,5-10H2,1H3,(H2,15,17). The minimum atomic E-state index is -1.01. The molecule has 6 nitrogen and oxygen atoms in total. The van der Waals surface area contributed by atoms with Crippen molar-refractivity contribution in [1.29, 1.82) is 0 Å². The van der Waals surface area contributed by atoms with Crippen LogP contribution in [0.1, 0.15) is 30.8 Å². The summed E-state index contributed by atoms with van der Waals surface area (Å²) >= 11 is 0. The molecular formula is C14H22N2O4. The number of carbonyl (C=O) groups excluding carboxylic acids is 1. The Kier molecular flexibility index (Phi) is 4.80. The monoisotopic (exact) mass is 282 g/mol. The molecule has 1 aliphatic rings. The first-order valence-corrected chi connectivity index (χ1v) is 6.80. The fraction of sp³-hybridized carbons (Fsp3) is 0.643. The van der Waals surface area contributed by atoms with E-state index < -0.39 is 11.5 Å². The number of primary amides is 1. The lowest BCUT2D eigenvalue weighted by Gasteiger charge is -2.38. The molecule has 1 unspecified atom stereocenters. The van der Waals surface area contributed by atoms with Crippen LogP contribution < -0.4 is 5.73 Å². The molecule has 1 aliphatic heterocycles. The highest BCUT2D eigenvalue weighted by molar-refractivity contribution is 5.75. The van der Waals surface area contributed by atoms with E-state index in [0.717, 1.165) is 24.5 Å². The summed E-state index contributed by atoms with van der Waals surface area (Å²) < 4.78 is 10.6. The third-order valence-electron chi connectivity index (χ3n) is 3.52. The summed E-state index contributed by atoms with van der Waals surface area (Å²) in [6.45, 7) is 2.38. The normalized spacial score (nSPS) is 23.9. The number of piperidine rings is 1. The molecular weight excluding hydrogens is 260 g/mol. The first-order chi connectivity index (χ1) is 9.50. The molecule has 1 atom stereocenters. The number of rotatable bonds is 6. The Morgan fingerprint density at radius 3 is 3.00 bits per heavy atom. The summed E-state index contributed by atoms with van der Waals surface area (Å²) in [6.07, 6.45) is 1.46. The number of nitrogens with two attached hydrogens (primary N) is 1. The topological polar surface area (TPSA) is 88.9 Å². The largest absolute Gasteiger partial charge is 0.462 e. The molecule has 1 saturated heterocycles. The summed E-state index contributed by atoms with van der Waals surface area (Å²) in [7, 11) is 1.62. The molecule has 0 radical (unpaired) electrons. The lowest BCUT2D eigenvalue weighted by Crippen LogP contribution is -2.49. The number of methoxy groups -OCH3 is 1. The zero-order valence-corrected chi connectivity index (χ0v) is 11.8. The van der Waals surface area contributed by atoms with E-state index in [1.807, 2.05) is 12.1 Å². The maximum atomic E-state index is 11.0. The Balaban J connectivity index is 1.93. The molecule has 1 aromatic rings. The van der Waals surface area contributed by atoms with Crippen molar-refractivity contribution in [2.75, 3.05) is 20.2 Å². The van der Waals surface area contributed by atoms with Crippen molar-refractivity contribution in [1.82, 2.24) is 4.90 Å². The zero-order valence-electron chi connectivity index (χ0n) is 11.8. The van der Waals surface area contributed by atoms with Crippen LogP contribution in [0.4, 0.5) is 0 Å². The number of carbonyl (C=O) groups is 1. The van der Waals surface area contributed by atoms with E-state index in [9.17, 15) is 9.90 Å². The van der Waals surface area contributed by atoms with Crippen LogP contribution in [-0.4, -0.2) is 41.7 Å². The Bertz CT molecular complexity index is 460. The number of nitrogens with zero attached hydrogens (tertiary/aromatic N) is 1. The summed E-state index contributed by atoms with van der Waals surface area (Å²) in [5.41, 5.74) is 4.19. The van der Waals surface area contributed by atoms with Crippen LogP contribution in [0.15, 0.2) is 16.5 Å². The summed E-state index contributed by atoms with van der Waals surface area (Å²) in [4.78, 5) is 13.1. The molecule has 0 aromatic carbocycles. The van der Waals surface area contributed by atoms with Crippen LogP contribution in [0.3, 0.4) is 0 Å². The van der Waals surface area contributed by atoms with Crippen LogP contribution in [0.25, 0.3) is 0 Å². The van der Waals surface area contributed by atoms with Gasteiger partial charge in [0.05, 0.1) is 18.6 Å². The molecule has 2 rings (SSSR count). The lowest BCUT2D eigenvalue weighted by atomic mass is 9.89. The molecule has 112 valence electrons. The van der Waals surface area contributed by atoms with Gasteiger partial charge < -0.3 is 20.0 Å². The second-order valence-electron chi connectivity index (χ2n) is 5.48. The molecule has 1 aromatic heterocycles. The van der Waals surface area contributed by atoms with E-state index in [4.69, 9.17) is 14.9 Å². The maximum absolute atomic E-state index is 11.0. The minimum Gasteiger partial charge on any atom is -0.462 e. The van der Waals surface area contributed by atoms with Gasteiger partial charge in [0.1, 0.15) is 18.1 Å². The molecule has 6 heteroatoms. The molecule has 20 heavy (non-hydrogen) atoms.